The lowest BCUT2D eigenvalue weighted by atomic mass is 10.1. The van der Waals surface area contributed by atoms with Crippen LogP contribution in [0.5, 0.6) is 0 Å². The van der Waals surface area contributed by atoms with Crippen LogP contribution in [0.15, 0.2) is 73.1 Å². The predicted molar refractivity (Wildman–Crippen MR) is 130 cm³/mol. The first-order valence-electron chi connectivity index (χ1n) is 10.9. The van der Waals surface area contributed by atoms with Gasteiger partial charge in [0.25, 0.3) is 5.91 Å². The van der Waals surface area contributed by atoms with Crippen LogP contribution in [0.3, 0.4) is 0 Å². The number of anilines is 1. The molecule has 0 atom stereocenters. The van der Waals surface area contributed by atoms with Crippen molar-refractivity contribution >= 4 is 23.6 Å². The van der Waals surface area contributed by atoms with Gasteiger partial charge in [0.15, 0.2) is 0 Å². The minimum absolute atomic E-state index is 0.0415. The van der Waals surface area contributed by atoms with Gasteiger partial charge in [-0.2, -0.15) is 0 Å². The molecule has 3 aromatic rings. The molecule has 168 valence electrons. The number of pyridine rings is 2. The molecule has 7 heteroatoms. The van der Waals surface area contributed by atoms with Gasteiger partial charge in [0.1, 0.15) is 0 Å². The van der Waals surface area contributed by atoms with Crippen LogP contribution < -0.4 is 4.90 Å². The molecule has 1 aromatic carbocycles. The Hall–Kier alpha value is -4.00. The summed E-state index contributed by atoms with van der Waals surface area (Å²) in [5, 5.41) is 0. The van der Waals surface area contributed by atoms with Gasteiger partial charge in [-0.25, -0.2) is 0 Å². The van der Waals surface area contributed by atoms with Crippen LogP contribution in [0.1, 0.15) is 15.9 Å². The highest BCUT2D eigenvalue weighted by molar-refractivity contribution is 5.95. The highest BCUT2D eigenvalue weighted by atomic mass is 16.2. The molecule has 0 aliphatic carbocycles. The summed E-state index contributed by atoms with van der Waals surface area (Å²) in [5.74, 6) is -0.112. The molecule has 0 spiro atoms. The highest BCUT2D eigenvalue weighted by Gasteiger charge is 2.24. The molecular weight excluding hydrogens is 414 g/mol. The largest absolute Gasteiger partial charge is 0.378 e. The molecule has 7 nitrogen and oxygen atoms in total. The molecule has 0 radical (unpaired) electrons. The fourth-order valence-corrected chi connectivity index (χ4v) is 3.66. The molecule has 4 rings (SSSR count). The van der Waals surface area contributed by atoms with E-state index in [-0.39, 0.29) is 11.8 Å². The molecule has 2 aromatic heterocycles. The van der Waals surface area contributed by atoms with Crippen LogP contribution in [-0.4, -0.2) is 71.9 Å². The number of rotatable bonds is 5. The molecule has 0 unspecified atom stereocenters. The van der Waals surface area contributed by atoms with Crippen molar-refractivity contribution in [1.82, 2.24) is 19.8 Å². The van der Waals surface area contributed by atoms with Crippen molar-refractivity contribution in [2.75, 3.05) is 45.2 Å². The van der Waals surface area contributed by atoms with Gasteiger partial charge in [-0.05, 0) is 48.0 Å². The molecule has 3 heterocycles. The van der Waals surface area contributed by atoms with Gasteiger partial charge in [-0.1, -0.05) is 18.2 Å². The maximum Gasteiger partial charge on any atom is 0.255 e. The zero-order valence-electron chi connectivity index (χ0n) is 18.9. The third-order valence-corrected chi connectivity index (χ3v) is 5.64. The van der Waals surface area contributed by atoms with E-state index in [1.807, 2.05) is 73.6 Å². The molecular formula is C26H27N5O2. The number of carbonyl (C=O) groups excluding carboxylic acids is 2. The molecule has 1 fully saturated rings. The minimum Gasteiger partial charge on any atom is -0.378 e. The Morgan fingerprint density at radius 1 is 0.848 bits per heavy atom. The Labute approximate surface area is 194 Å². The smallest absolute Gasteiger partial charge is 0.255 e. The van der Waals surface area contributed by atoms with Crippen LogP contribution in [0.2, 0.25) is 0 Å². The van der Waals surface area contributed by atoms with Crippen molar-refractivity contribution in [3.63, 3.8) is 0 Å². The fourth-order valence-electron chi connectivity index (χ4n) is 3.66. The SMILES string of the molecule is CN(C)c1ccc(/C=C/C(=O)N2CCN(C(=O)c3ccc(-c4ccccn4)nc3)CC2)cc1. The van der Waals surface area contributed by atoms with Crippen molar-refractivity contribution in [3.05, 3.63) is 84.2 Å². The molecule has 0 saturated carbocycles. The zero-order chi connectivity index (χ0) is 23.2. The Kier molecular flexibility index (Phi) is 6.78. The van der Waals surface area contributed by atoms with E-state index in [1.54, 1.807) is 34.3 Å². The summed E-state index contributed by atoms with van der Waals surface area (Å²) in [5.41, 5.74) is 4.12. The topological polar surface area (TPSA) is 69.6 Å². The van der Waals surface area contributed by atoms with Crippen molar-refractivity contribution in [2.45, 2.75) is 0 Å². The average Bonchev–Trinajstić information content (AvgIpc) is 2.88. The van der Waals surface area contributed by atoms with Crippen LogP contribution in [-0.2, 0) is 4.79 Å². The fraction of sp³-hybridized carbons (Fsp3) is 0.231. The van der Waals surface area contributed by atoms with Crippen LogP contribution >= 0.6 is 0 Å². The van der Waals surface area contributed by atoms with E-state index in [0.29, 0.717) is 31.7 Å². The Balaban J connectivity index is 1.30. The van der Waals surface area contributed by atoms with Gasteiger partial charge in [0.2, 0.25) is 5.91 Å². The Morgan fingerprint density at radius 2 is 1.55 bits per heavy atom. The Bertz CT molecular complexity index is 1120. The lowest BCUT2D eigenvalue weighted by molar-refractivity contribution is -0.127. The molecule has 1 saturated heterocycles. The molecule has 0 bridgehead atoms. The summed E-state index contributed by atoms with van der Waals surface area (Å²) in [4.78, 5) is 39.7. The van der Waals surface area contributed by atoms with Gasteiger partial charge in [-0.15, -0.1) is 0 Å². The number of hydrogen-bond donors (Lipinski definition) is 0. The second-order valence-electron chi connectivity index (χ2n) is 8.08. The van der Waals surface area contributed by atoms with E-state index < -0.39 is 0 Å². The third kappa shape index (κ3) is 5.44. The van der Waals surface area contributed by atoms with E-state index in [0.717, 1.165) is 22.6 Å². The van der Waals surface area contributed by atoms with Crippen molar-refractivity contribution in [1.29, 1.82) is 0 Å². The lowest BCUT2D eigenvalue weighted by Crippen LogP contribution is -2.50. The Morgan fingerprint density at radius 3 is 2.15 bits per heavy atom. The van der Waals surface area contributed by atoms with Crippen LogP contribution in [0, 0.1) is 0 Å². The standard InChI is InChI=1S/C26H27N5O2/c1-29(2)22-10-6-20(7-11-22)8-13-25(32)30-15-17-31(18-16-30)26(33)21-9-12-24(28-19-21)23-5-3-4-14-27-23/h3-14,19H,15-18H2,1-2H3/b13-8+. The van der Waals surface area contributed by atoms with Gasteiger partial charge in [0.05, 0.1) is 17.0 Å². The van der Waals surface area contributed by atoms with Gasteiger partial charge < -0.3 is 14.7 Å². The molecule has 1 aliphatic rings. The van der Waals surface area contributed by atoms with Crippen molar-refractivity contribution in [2.24, 2.45) is 0 Å². The van der Waals surface area contributed by atoms with E-state index in [1.165, 1.54) is 0 Å². The number of nitrogens with zero attached hydrogens (tertiary/aromatic N) is 5. The third-order valence-electron chi connectivity index (χ3n) is 5.64. The van der Waals surface area contributed by atoms with E-state index in [4.69, 9.17) is 0 Å². The lowest BCUT2D eigenvalue weighted by Gasteiger charge is -2.34. The number of carbonyl (C=O) groups is 2. The summed E-state index contributed by atoms with van der Waals surface area (Å²) >= 11 is 0. The number of piperazine rings is 1. The molecule has 1 aliphatic heterocycles. The summed E-state index contributed by atoms with van der Waals surface area (Å²) in [7, 11) is 3.99. The number of hydrogen-bond acceptors (Lipinski definition) is 5. The second kappa shape index (κ2) is 10.1. The zero-order valence-corrected chi connectivity index (χ0v) is 18.9. The van der Waals surface area contributed by atoms with Crippen molar-refractivity contribution in [3.8, 4) is 11.4 Å². The highest BCUT2D eigenvalue weighted by Crippen LogP contribution is 2.16. The van der Waals surface area contributed by atoms with Crippen LogP contribution in [0.25, 0.3) is 17.5 Å². The quantitative estimate of drug-likeness (QED) is 0.569. The summed E-state index contributed by atoms with van der Waals surface area (Å²) in [6, 6.07) is 17.2. The first kappa shape index (κ1) is 22.2. The average molecular weight is 442 g/mol. The maximum absolute atomic E-state index is 12.9. The first-order chi connectivity index (χ1) is 16.0. The monoisotopic (exact) mass is 441 g/mol. The van der Waals surface area contributed by atoms with E-state index >= 15 is 0 Å². The van der Waals surface area contributed by atoms with Gasteiger partial charge >= 0.3 is 0 Å². The maximum atomic E-state index is 12.9. The van der Waals surface area contributed by atoms with E-state index in [9.17, 15) is 9.59 Å². The molecule has 33 heavy (non-hydrogen) atoms. The molecule has 2 amide bonds. The predicted octanol–water partition coefficient (Wildman–Crippen LogP) is 3.21. The first-order valence-corrected chi connectivity index (χ1v) is 10.9. The number of amides is 2. The van der Waals surface area contributed by atoms with Crippen molar-refractivity contribution < 1.29 is 9.59 Å². The number of benzene rings is 1. The van der Waals surface area contributed by atoms with Gasteiger partial charge in [0, 0.05) is 64.4 Å². The normalized spacial score (nSPS) is 13.9. The summed E-state index contributed by atoms with van der Waals surface area (Å²) in [6.07, 6.45) is 6.73. The van der Waals surface area contributed by atoms with E-state index in [2.05, 4.69) is 9.97 Å². The van der Waals surface area contributed by atoms with Gasteiger partial charge in [-0.3, -0.25) is 19.6 Å². The van der Waals surface area contributed by atoms with Crippen LogP contribution in [0.4, 0.5) is 5.69 Å². The number of aromatic nitrogens is 2. The second-order valence-corrected chi connectivity index (χ2v) is 8.08. The minimum atomic E-state index is -0.0707. The molecule has 0 N–H and O–H groups in total. The summed E-state index contributed by atoms with van der Waals surface area (Å²) in [6.45, 7) is 2.01. The summed E-state index contributed by atoms with van der Waals surface area (Å²) < 4.78 is 0.